The molecule has 24 heavy (non-hydrogen) atoms. The van der Waals surface area contributed by atoms with Gasteiger partial charge in [-0.05, 0) is 26.0 Å². The average Bonchev–Trinajstić information content (AvgIpc) is 2.88. The summed E-state index contributed by atoms with van der Waals surface area (Å²) in [7, 11) is 0. The second-order valence-electron chi connectivity index (χ2n) is 5.34. The van der Waals surface area contributed by atoms with Crippen molar-refractivity contribution in [2.45, 2.75) is 20.0 Å². The van der Waals surface area contributed by atoms with E-state index < -0.39 is 17.8 Å². The summed E-state index contributed by atoms with van der Waals surface area (Å²) in [5.41, 5.74) is -0.213. The number of benzene rings is 1. The van der Waals surface area contributed by atoms with Crippen LogP contribution >= 0.6 is 0 Å². The lowest BCUT2D eigenvalue weighted by Crippen LogP contribution is -2.12. The molecule has 3 rings (SSSR count). The number of carboxylic acid groups (broad SMARTS) is 1. The van der Waals surface area contributed by atoms with E-state index in [0.29, 0.717) is 10.9 Å². The van der Waals surface area contributed by atoms with Crippen LogP contribution in [0.25, 0.3) is 16.7 Å². The van der Waals surface area contributed by atoms with Gasteiger partial charge in [-0.3, -0.25) is 0 Å². The zero-order chi connectivity index (χ0) is 17.6. The van der Waals surface area contributed by atoms with Crippen LogP contribution in [0.5, 0.6) is 0 Å². The number of nitrogens with zero attached hydrogens (tertiary/aromatic N) is 3. The maximum Gasteiger partial charge on any atom is 0.435 e. The molecule has 0 saturated heterocycles. The lowest BCUT2D eigenvalue weighted by molar-refractivity contribution is -0.141. The number of aryl methyl sites for hydroxylation is 1. The highest BCUT2D eigenvalue weighted by atomic mass is 19.4. The van der Waals surface area contributed by atoms with Crippen LogP contribution < -0.4 is 0 Å². The number of rotatable bonds is 2. The molecule has 0 aliphatic carbocycles. The lowest BCUT2D eigenvalue weighted by Gasteiger charge is -2.12. The molecule has 0 unspecified atom stereocenters. The van der Waals surface area contributed by atoms with Gasteiger partial charge in [0.25, 0.3) is 0 Å². The largest absolute Gasteiger partial charge is 0.478 e. The summed E-state index contributed by atoms with van der Waals surface area (Å²) in [4.78, 5) is 15.9. The molecule has 0 saturated carbocycles. The Morgan fingerprint density at radius 3 is 2.46 bits per heavy atom. The number of hydrogen-bond acceptors (Lipinski definition) is 3. The van der Waals surface area contributed by atoms with Crippen LogP contribution in [0.1, 0.15) is 27.3 Å². The van der Waals surface area contributed by atoms with Gasteiger partial charge < -0.3 is 5.11 Å². The van der Waals surface area contributed by atoms with E-state index in [-0.39, 0.29) is 22.6 Å². The fourth-order valence-corrected chi connectivity index (χ4v) is 2.60. The zero-order valence-corrected chi connectivity index (χ0v) is 12.7. The Kier molecular flexibility index (Phi) is 3.55. The summed E-state index contributed by atoms with van der Waals surface area (Å²) in [6.07, 6.45) is -4.59. The van der Waals surface area contributed by atoms with Crippen molar-refractivity contribution in [3.63, 3.8) is 0 Å². The summed E-state index contributed by atoms with van der Waals surface area (Å²) in [5, 5.41) is 13.5. The monoisotopic (exact) mass is 335 g/mol. The lowest BCUT2D eigenvalue weighted by atomic mass is 10.0. The van der Waals surface area contributed by atoms with Crippen molar-refractivity contribution in [2.75, 3.05) is 0 Å². The molecular weight excluding hydrogens is 323 g/mol. The number of carbonyl (C=O) groups is 1. The fourth-order valence-electron chi connectivity index (χ4n) is 2.60. The molecule has 1 N–H and O–H groups in total. The van der Waals surface area contributed by atoms with Gasteiger partial charge >= 0.3 is 12.1 Å². The maximum atomic E-state index is 12.9. The number of fused-ring (bicyclic) bond motifs is 1. The van der Waals surface area contributed by atoms with Crippen molar-refractivity contribution in [1.82, 2.24) is 14.8 Å². The maximum absolute atomic E-state index is 12.9. The zero-order valence-electron chi connectivity index (χ0n) is 12.7. The third kappa shape index (κ3) is 2.49. The number of para-hydroxylation sites is 1. The number of pyridine rings is 1. The van der Waals surface area contributed by atoms with Gasteiger partial charge in [0, 0.05) is 16.6 Å². The molecule has 0 amide bonds. The standard InChI is InChI=1S/C16H12F3N3O2/c1-8-7-12(16(17,18)19)21-22(8)14-9(2)13(15(23)24)10-5-3-4-6-11(10)20-14/h3-7H,1-2H3,(H,23,24). The molecule has 1 aromatic carbocycles. The van der Waals surface area contributed by atoms with Crippen LogP contribution in [-0.2, 0) is 6.18 Å². The van der Waals surface area contributed by atoms with Crippen LogP contribution in [0.15, 0.2) is 30.3 Å². The highest BCUT2D eigenvalue weighted by Gasteiger charge is 2.35. The Morgan fingerprint density at radius 2 is 1.88 bits per heavy atom. The number of halogens is 3. The van der Waals surface area contributed by atoms with E-state index in [9.17, 15) is 23.1 Å². The Hall–Kier alpha value is -2.90. The van der Waals surface area contributed by atoms with E-state index in [1.54, 1.807) is 24.3 Å². The normalized spacial score (nSPS) is 11.9. The third-order valence-electron chi connectivity index (χ3n) is 3.70. The number of carboxylic acids is 1. The molecule has 0 aliphatic heterocycles. The molecule has 0 bridgehead atoms. The minimum Gasteiger partial charge on any atom is -0.478 e. The number of hydrogen-bond donors (Lipinski definition) is 1. The van der Waals surface area contributed by atoms with E-state index in [1.807, 2.05) is 0 Å². The molecular formula is C16H12F3N3O2. The quantitative estimate of drug-likeness (QED) is 0.774. The van der Waals surface area contributed by atoms with Crippen molar-refractivity contribution in [3.8, 4) is 5.82 Å². The second kappa shape index (κ2) is 5.33. The molecule has 0 aliphatic rings. The molecule has 124 valence electrons. The van der Waals surface area contributed by atoms with Crippen molar-refractivity contribution in [1.29, 1.82) is 0 Å². The summed E-state index contributed by atoms with van der Waals surface area (Å²) < 4.78 is 39.6. The van der Waals surface area contributed by atoms with Crippen LogP contribution in [0, 0.1) is 13.8 Å². The van der Waals surface area contributed by atoms with Gasteiger partial charge in [-0.1, -0.05) is 18.2 Å². The van der Waals surface area contributed by atoms with Crippen LogP contribution in [0.3, 0.4) is 0 Å². The van der Waals surface area contributed by atoms with Crippen molar-refractivity contribution in [2.24, 2.45) is 0 Å². The van der Waals surface area contributed by atoms with Gasteiger partial charge in [0.15, 0.2) is 11.5 Å². The summed E-state index contributed by atoms with van der Waals surface area (Å²) in [6, 6.07) is 7.47. The highest BCUT2D eigenvalue weighted by molar-refractivity contribution is 6.04. The fraction of sp³-hybridized carbons (Fsp3) is 0.188. The van der Waals surface area contributed by atoms with Gasteiger partial charge in [0.05, 0.1) is 11.1 Å². The first-order chi connectivity index (χ1) is 11.2. The first kappa shape index (κ1) is 16.0. The minimum absolute atomic E-state index is 0.000872. The first-order valence-electron chi connectivity index (χ1n) is 6.97. The molecule has 3 aromatic rings. The van der Waals surface area contributed by atoms with Gasteiger partial charge in [-0.2, -0.15) is 18.3 Å². The van der Waals surface area contributed by atoms with E-state index in [4.69, 9.17) is 0 Å². The number of aromatic carboxylic acids is 1. The Balaban J connectivity index is 2.34. The topological polar surface area (TPSA) is 68.0 Å². The predicted molar refractivity (Wildman–Crippen MR) is 80.3 cm³/mol. The molecule has 8 heteroatoms. The van der Waals surface area contributed by atoms with E-state index in [0.717, 1.165) is 10.7 Å². The van der Waals surface area contributed by atoms with E-state index in [1.165, 1.54) is 13.8 Å². The Labute approximate surface area is 134 Å². The van der Waals surface area contributed by atoms with Crippen LogP contribution in [-0.4, -0.2) is 25.8 Å². The minimum atomic E-state index is -4.59. The van der Waals surface area contributed by atoms with Gasteiger partial charge in [-0.15, -0.1) is 0 Å². The second-order valence-corrected chi connectivity index (χ2v) is 5.34. The van der Waals surface area contributed by atoms with Crippen LogP contribution in [0.4, 0.5) is 13.2 Å². The number of aromatic nitrogens is 3. The summed E-state index contributed by atoms with van der Waals surface area (Å²) in [5.74, 6) is -1.10. The Bertz CT molecular complexity index is 961. The molecule has 0 atom stereocenters. The van der Waals surface area contributed by atoms with Crippen molar-refractivity contribution < 1.29 is 23.1 Å². The molecule has 5 nitrogen and oxygen atoms in total. The van der Waals surface area contributed by atoms with Crippen LogP contribution in [0.2, 0.25) is 0 Å². The predicted octanol–water partition coefficient (Wildman–Crippen LogP) is 3.75. The SMILES string of the molecule is Cc1c(-n2nc(C(F)(F)F)cc2C)nc2ccccc2c1C(=O)O. The number of alkyl halides is 3. The van der Waals surface area contributed by atoms with Gasteiger partial charge in [-0.25, -0.2) is 14.5 Å². The smallest absolute Gasteiger partial charge is 0.435 e. The molecule has 2 heterocycles. The molecule has 2 aromatic heterocycles. The molecule has 0 radical (unpaired) electrons. The third-order valence-corrected chi connectivity index (χ3v) is 3.70. The van der Waals surface area contributed by atoms with E-state index >= 15 is 0 Å². The molecule has 0 spiro atoms. The van der Waals surface area contributed by atoms with E-state index in [2.05, 4.69) is 10.1 Å². The van der Waals surface area contributed by atoms with Gasteiger partial charge in [0.1, 0.15) is 0 Å². The van der Waals surface area contributed by atoms with Crippen molar-refractivity contribution in [3.05, 3.63) is 52.8 Å². The average molecular weight is 335 g/mol. The van der Waals surface area contributed by atoms with Crippen molar-refractivity contribution >= 4 is 16.9 Å². The molecule has 0 fully saturated rings. The first-order valence-corrected chi connectivity index (χ1v) is 6.97. The summed E-state index contributed by atoms with van der Waals surface area (Å²) in [6.45, 7) is 2.96. The highest BCUT2D eigenvalue weighted by Crippen LogP contribution is 2.31. The van der Waals surface area contributed by atoms with Gasteiger partial charge in [0.2, 0.25) is 0 Å². The Morgan fingerprint density at radius 1 is 1.21 bits per heavy atom. The summed E-state index contributed by atoms with van der Waals surface area (Å²) >= 11 is 0.